The smallest absolute Gasteiger partial charge is 0.245 e. The first-order chi connectivity index (χ1) is 9.48. The van der Waals surface area contributed by atoms with Gasteiger partial charge in [0.25, 0.3) is 0 Å². The van der Waals surface area contributed by atoms with E-state index >= 15 is 0 Å². The van der Waals surface area contributed by atoms with Crippen molar-refractivity contribution in [3.63, 3.8) is 0 Å². The van der Waals surface area contributed by atoms with Crippen LogP contribution in [0.3, 0.4) is 0 Å². The quantitative estimate of drug-likeness (QED) is 0.781. The highest BCUT2D eigenvalue weighted by molar-refractivity contribution is 7.89. The van der Waals surface area contributed by atoms with E-state index in [0.717, 1.165) is 6.42 Å². The number of alkyl halides is 1. The van der Waals surface area contributed by atoms with Crippen molar-refractivity contribution in [3.05, 3.63) is 29.6 Å². The van der Waals surface area contributed by atoms with Gasteiger partial charge in [0.2, 0.25) is 10.0 Å². The van der Waals surface area contributed by atoms with Crippen molar-refractivity contribution in [2.75, 3.05) is 26.8 Å². The average molecular weight is 322 g/mol. The maximum atomic E-state index is 13.9. The van der Waals surface area contributed by atoms with Crippen molar-refractivity contribution in [2.24, 2.45) is 5.92 Å². The molecule has 1 aromatic rings. The average Bonchev–Trinajstić information content (AvgIpc) is 2.88. The molecule has 0 aromatic heterocycles. The number of nitrogens with zero attached hydrogens (tertiary/aromatic N) is 1. The predicted octanol–water partition coefficient (Wildman–Crippen LogP) is 2.22. The van der Waals surface area contributed by atoms with Gasteiger partial charge in [0.15, 0.2) is 0 Å². The molecule has 1 aromatic carbocycles. The van der Waals surface area contributed by atoms with Gasteiger partial charge >= 0.3 is 0 Å². The van der Waals surface area contributed by atoms with Crippen LogP contribution in [-0.4, -0.2) is 39.5 Å². The van der Waals surface area contributed by atoms with E-state index in [4.69, 9.17) is 16.3 Å². The molecule has 1 aliphatic rings. The van der Waals surface area contributed by atoms with E-state index < -0.39 is 15.8 Å². The number of rotatable bonds is 5. The van der Waals surface area contributed by atoms with E-state index in [0.29, 0.717) is 25.3 Å². The Hall–Kier alpha value is -0.690. The van der Waals surface area contributed by atoms with Gasteiger partial charge in [-0.3, -0.25) is 0 Å². The molecule has 1 saturated heterocycles. The Kier molecular flexibility index (Phi) is 5.01. The van der Waals surface area contributed by atoms with Gasteiger partial charge in [0.1, 0.15) is 10.7 Å². The number of hydrogen-bond acceptors (Lipinski definition) is 3. The van der Waals surface area contributed by atoms with Crippen molar-refractivity contribution >= 4 is 21.6 Å². The number of benzene rings is 1. The standard InChI is InChI=1S/C13H17ClFNO3S/c1-19-9-11-4-5-16(8-11)20(17,18)13-3-2-10(7-14)6-12(13)15/h2-3,6,11H,4-5,7-9H2,1H3. The Morgan fingerprint density at radius 2 is 2.25 bits per heavy atom. The molecule has 0 bridgehead atoms. The first-order valence-electron chi connectivity index (χ1n) is 6.32. The van der Waals surface area contributed by atoms with Gasteiger partial charge in [-0.15, -0.1) is 11.6 Å². The summed E-state index contributed by atoms with van der Waals surface area (Å²) in [4.78, 5) is -0.288. The molecule has 1 fully saturated rings. The minimum atomic E-state index is -3.79. The number of hydrogen-bond donors (Lipinski definition) is 0. The molecule has 1 heterocycles. The maximum absolute atomic E-state index is 13.9. The first kappa shape index (κ1) is 15.7. The number of ether oxygens (including phenoxy) is 1. The lowest BCUT2D eigenvalue weighted by molar-refractivity contribution is 0.157. The molecule has 0 saturated carbocycles. The van der Waals surface area contributed by atoms with E-state index in [1.807, 2.05) is 0 Å². The summed E-state index contributed by atoms with van der Waals surface area (Å²) in [5.74, 6) is -0.435. The molecule has 20 heavy (non-hydrogen) atoms. The minimum absolute atomic E-state index is 0.150. The van der Waals surface area contributed by atoms with E-state index in [1.54, 1.807) is 7.11 Å². The molecular formula is C13H17ClFNO3S. The third-order valence-corrected chi connectivity index (χ3v) is 5.63. The van der Waals surface area contributed by atoms with Gasteiger partial charge in [-0.05, 0) is 30.0 Å². The predicted molar refractivity (Wildman–Crippen MR) is 74.7 cm³/mol. The van der Waals surface area contributed by atoms with Crippen LogP contribution in [0.25, 0.3) is 0 Å². The molecule has 0 aliphatic carbocycles. The Morgan fingerprint density at radius 1 is 1.50 bits per heavy atom. The van der Waals surface area contributed by atoms with Crippen LogP contribution in [0.15, 0.2) is 23.1 Å². The highest BCUT2D eigenvalue weighted by Gasteiger charge is 2.34. The van der Waals surface area contributed by atoms with Crippen molar-refractivity contribution in [3.8, 4) is 0 Å². The summed E-state index contributed by atoms with van der Waals surface area (Å²) >= 11 is 5.61. The highest BCUT2D eigenvalue weighted by atomic mass is 35.5. The zero-order valence-corrected chi connectivity index (χ0v) is 12.8. The lowest BCUT2D eigenvalue weighted by Gasteiger charge is -2.17. The number of methoxy groups -OCH3 is 1. The first-order valence-corrected chi connectivity index (χ1v) is 8.30. The molecule has 2 rings (SSSR count). The third-order valence-electron chi connectivity index (χ3n) is 3.42. The zero-order chi connectivity index (χ0) is 14.8. The molecule has 0 spiro atoms. The molecular weight excluding hydrogens is 305 g/mol. The van der Waals surface area contributed by atoms with Crippen LogP contribution < -0.4 is 0 Å². The molecule has 0 radical (unpaired) electrons. The summed E-state index contributed by atoms with van der Waals surface area (Å²) in [6, 6.07) is 3.99. The molecule has 0 amide bonds. The molecule has 0 N–H and O–H groups in total. The molecule has 4 nitrogen and oxygen atoms in total. The second-order valence-corrected chi connectivity index (χ2v) is 7.05. The minimum Gasteiger partial charge on any atom is -0.384 e. The van der Waals surface area contributed by atoms with Crippen LogP contribution in [0.1, 0.15) is 12.0 Å². The monoisotopic (exact) mass is 321 g/mol. The van der Waals surface area contributed by atoms with Crippen LogP contribution >= 0.6 is 11.6 Å². The lowest BCUT2D eigenvalue weighted by atomic mass is 10.1. The fourth-order valence-corrected chi connectivity index (χ4v) is 4.11. The van der Waals surface area contributed by atoms with E-state index in [-0.39, 0.29) is 16.7 Å². The van der Waals surface area contributed by atoms with Crippen molar-refractivity contribution < 1.29 is 17.5 Å². The van der Waals surface area contributed by atoms with Crippen molar-refractivity contribution in [1.82, 2.24) is 4.31 Å². The summed E-state index contributed by atoms with van der Waals surface area (Å²) in [5, 5.41) is 0. The second kappa shape index (κ2) is 6.39. The van der Waals surface area contributed by atoms with Crippen LogP contribution in [0.4, 0.5) is 4.39 Å². The van der Waals surface area contributed by atoms with Gasteiger partial charge in [-0.2, -0.15) is 4.31 Å². The zero-order valence-electron chi connectivity index (χ0n) is 11.2. The Balaban J connectivity index is 2.23. The van der Waals surface area contributed by atoms with Gasteiger partial charge < -0.3 is 4.74 Å². The van der Waals surface area contributed by atoms with Gasteiger partial charge in [-0.1, -0.05) is 6.07 Å². The fraction of sp³-hybridized carbons (Fsp3) is 0.538. The van der Waals surface area contributed by atoms with Crippen LogP contribution in [0, 0.1) is 11.7 Å². The maximum Gasteiger partial charge on any atom is 0.245 e. The third kappa shape index (κ3) is 3.14. The van der Waals surface area contributed by atoms with E-state index in [9.17, 15) is 12.8 Å². The topological polar surface area (TPSA) is 46.6 Å². The lowest BCUT2D eigenvalue weighted by Crippen LogP contribution is -2.30. The molecule has 7 heteroatoms. The van der Waals surface area contributed by atoms with Crippen molar-refractivity contribution in [2.45, 2.75) is 17.2 Å². The summed E-state index contributed by atoms with van der Waals surface area (Å²) in [7, 11) is -2.20. The second-order valence-electron chi connectivity index (χ2n) is 4.87. The van der Waals surface area contributed by atoms with Crippen LogP contribution in [-0.2, 0) is 20.6 Å². The largest absolute Gasteiger partial charge is 0.384 e. The molecule has 1 aliphatic heterocycles. The van der Waals surface area contributed by atoms with Gasteiger partial charge in [-0.25, -0.2) is 12.8 Å². The summed E-state index contributed by atoms with van der Waals surface area (Å²) in [5.41, 5.74) is 0.557. The highest BCUT2D eigenvalue weighted by Crippen LogP contribution is 2.26. The SMILES string of the molecule is COCC1CCN(S(=O)(=O)c2ccc(CCl)cc2F)C1. The fourth-order valence-electron chi connectivity index (χ4n) is 2.36. The Bertz CT molecular complexity index is 579. The van der Waals surface area contributed by atoms with Gasteiger partial charge in [0.05, 0.1) is 6.61 Å². The molecule has 1 atom stereocenters. The molecule has 1 unspecified atom stereocenters. The van der Waals surface area contributed by atoms with Crippen LogP contribution in [0.2, 0.25) is 0 Å². The van der Waals surface area contributed by atoms with Gasteiger partial charge in [0, 0.05) is 26.1 Å². The normalized spacial score (nSPS) is 20.4. The molecule has 112 valence electrons. The summed E-state index contributed by atoms with van der Waals surface area (Å²) < 4.78 is 45.1. The van der Waals surface area contributed by atoms with Crippen LogP contribution in [0.5, 0.6) is 0 Å². The Morgan fingerprint density at radius 3 is 2.85 bits per heavy atom. The summed E-state index contributed by atoms with van der Waals surface area (Å²) in [6.45, 7) is 1.28. The summed E-state index contributed by atoms with van der Waals surface area (Å²) in [6.07, 6.45) is 0.731. The number of halogens is 2. The van der Waals surface area contributed by atoms with Crippen molar-refractivity contribution in [1.29, 1.82) is 0 Å². The van der Waals surface area contributed by atoms with E-state index in [2.05, 4.69) is 0 Å². The Labute approximate surface area is 123 Å². The number of sulfonamides is 1. The van der Waals surface area contributed by atoms with E-state index in [1.165, 1.54) is 22.5 Å².